The van der Waals surface area contributed by atoms with Crippen molar-refractivity contribution in [2.24, 2.45) is 0 Å². The molecule has 2 aromatic carbocycles. The molecule has 2 N–H and O–H groups in total. The number of hydrogen-bond acceptors (Lipinski definition) is 8. The number of carbonyl (C=O) groups excluding carboxylic acids is 3. The van der Waals surface area contributed by atoms with E-state index >= 15 is 0 Å². The fourth-order valence-electron chi connectivity index (χ4n) is 4.23. The molecule has 9 heteroatoms. The number of nitrogens with one attached hydrogen (secondary N) is 1. The first kappa shape index (κ1) is 35.2. The lowest BCUT2D eigenvalue weighted by Crippen LogP contribution is -2.51. The predicted molar refractivity (Wildman–Crippen MR) is 162 cm³/mol. The van der Waals surface area contributed by atoms with E-state index in [0.29, 0.717) is 19.4 Å². The Hall–Kier alpha value is -3.01. The minimum absolute atomic E-state index is 0.0237. The molecule has 0 fully saturated rings. The van der Waals surface area contributed by atoms with Crippen molar-refractivity contribution in [2.45, 2.75) is 103 Å². The summed E-state index contributed by atoms with van der Waals surface area (Å²) < 4.78 is 22.2. The van der Waals surface area contributed by atoms with E-state index in [-0.39, 0.29) is 13.2 Å². The Morgan fingerprint density at radius 1 is 0.786 bits per heavy atom. The Bertz CT molecular complexity index is 1130. The van der Waals surface area contributed by atoms with E-state index in [4.69, 9.17) is 24.1 Å². The Labute approximate surface area is 250 Å². The zero-order chi connectivity index (χ0) is 31.2. The van der Waals surface area contributed by atoms with E-state index in [1.807, 2.05) is 12.1 Å². The minimum Gasteiger partial charge on any atom is -0.458 e. The highest BCUT2D eigenvalue weighted by molar-refractivity contribution is 5.89. The van der Waals surface area contributed by atoms with Crippen molar-refractivity contribution in [3.63, 3.8) is 0 Å². The predicted octanol–water partition coefficient (Wildman–Crippen LogP) is 4.90. The molecule has 0 aliphatic rings. The Kier molecular flexibility index (Phi) is 14.4. The molecule has 0 aliphatic carbocycles. The SMILES string of the molecule is CC(C)(C)OC(=O)CO[C@@H](C(=O)OC(C)(C)C)[C@@H](OCCCCO)C(=O)NCCCCCc1ccc2ccccc2c1. The summed E-state index contributed by atoms with van der Waals surface area (Å²) >= 11 is 0. The number of fused-ring (bicyclic) bond motifs is 1. The van der Waals surface area contributed by atoms with Crippen molar-refractivity contribution in [1.29, 1.82) is 0 Å². The van der Waals surface area contributed by atoms with Crippen LogP contribution in [0.1, 0.15) is 79.2 Å². The summed E-state index contributed by atoms with van der Waals surface area (Å²) in [6, 6.07) is 14.8. The molecule has 42 heavy (non-hydrogen) atoms. The summed E-state index contributed by atoms with van der Waals surface area (Å²) in [5.74, 6) is -2.03. The fourth-order valence-corrected chi connectivity index (χ4v) is 4.23. The quantitative estimate of drug-likeness (QED) is 0.198. The second kappa shape index (κ2) is 17.2. The molecular weight excluding hydrogens is 538 g/mol. The van der Waals surface area contributed by atoms with Crippen LogP contribution in [0.5, 0.6) is 0 Å². The Balaban J connectivity index is 1.99. The number of carbonyl (C=O) groups is 3. The van der Waals surface area contributed by atoms with Crippen molar-refractivity contribution in [3.05, 3.63) is 48.0 Å². The van der Waals surface area contributed by atoms with Crippen LogP contribution in [0.15, 0.2) is 42.5 Å². The van der Waals surface area contributed by atoms with Gasteiger partial charge in [0, 0.05) is 19.8 Å². The lowest BCUT2D eigenvalue weighted by atomic mass is 10.0. The van der Waals surface area contributed by atoms with Crippen molar-refractivity contribution < 1.29 is 38.4 Å². The molecule has 0 heterocycles. The number of ether oxygens (including phenoxy) is 4. The summed E-state index contributed by atoms with van der Waals surface area (Å²) in [7, 11) is 0. The second-order valence-corrected chi connectivity index (χ2v) is 12.4. The first-order valence-electron chi connectivity index (χ1n) is 14.8. The molecule has 2 atom stereocenters. The highest BCUT2D eigenvalue weighted by Crippen LogP contribution is 2.18. The maximum atomic E-state index is 13.3. The van der Waals surface area contributed by atoms with Gasteiger partial charge in [0.2, 0.25) is 0 Å². The van der Waals surface area contributed by atoms with Gasteiger partial charge in [-0.3, -0.25) is 4.79 Å². The van der Waals surface area contributed by atoms with Crippen LogP contribution >= 0.6 is 0 Å². The molecule has 9 nitrogen and oxygen atoms in total. The number of rotatable bonds is 17. The van der Waals surface area contributed by atoms with Gasteiger partial charge in [-0.05, 0) is 90.0 Å². The van der Waals surface area contributed by atoms with Crippen molar-refractivity contribution in [1.82, 2.24) is 5.32 Å². The number of unbranched alkanes of at least 4 members (excludes halogenated alkanes) is 3. The summed E-state index contributed by atoms with van der Waals surface area (Å²) in [6.45, 7) is 10.2. The third kappa shape index (κ3) is 13.8. The monoisotopic (exact) mass is 587 g/mol. The number of esters is 2. The van der Waals surface area contributed by atoms with Gasteiger partial charge in [-0.15, -0.1) is 0 Å². The van der Waals surface area contributed by atoms with Crippen LogP contribution in [0.25, 0.3) is 10.8 Å². The maximum absolute atomic E-state index is 13.3. The standard InChI is InChI=1S/C33H49NO8/c1-32(2,3)41-27(36)23-40-29(31(38)42-33(4,5)6)28(39-21-13-12-20-35)30(37)34-19-11-7-8-14-24-17-18-25-15-9-10-16-26(25)22-24/h9-10,15-18,22,28-29,35H,7-8,11-14,19-21,23H2,1-6H3,(H,34,37)/t28-,29-/m1/s1. The number of aryl methyl sites for hydroxylation is 1. The van der Waals surface area contributed by atoms with Crippen molar-refractivity contribution >= 4 is 28.6 Å². The molecule has 2 aromatic rings. The van der Waals surface area contributed by atoms with Gasteiger partial charge in [0.05, 0.1) is 0 Å². The molecule has 234 valence electrons. The summed E-state index contributed by atoms with van der Waals surface area (Å²) in [4.78, 5) is 38.7. The summed E-state index contributed by atoms with van der Waals surface area (Å²) in [5, 5.41) is 14.4. The van der Waals surface area contributed by atoms with Crippen LogP contribution in [0, 0.1) is 0 Å². The van der Waals surface area contributed by atoms with E-state index in [2.05, 4.69) is 35.6 Å². The summed E-state index contributed by atoms with van der Waals surface area (Å²) in [5.41, 5.74) is -0.321. The van der Waals surface area contributed by atoms with Gasteiger partial charge in [0.25, 0.3) is 5.91 Å². The molecule has 0 unspecified atom stereocenters. The zero-order valence-corrected chi connectivity index (χ0v) is 26.1. The van der Waals surface area contributed by atoms with Crippen molar-refractivity contribution in [2.75, 3.05) is 26.4 Å². The van der Waals surface area contributed by atoms with Crippen LogP contribution in [-0.2, 0) is 39.8 Å². The van der Waals surface area contributed by atoms with Gasteiger partial charge in [-0.1, -0.05) is 48.9 Å². The largest absolute Gasteiger partial charge is 0.458 e. The third-order valence-corrected chi connectivity index (χ3v) is 6.08. The molecule has 0 radical (unpaired) electrons. The van der Waals surface area contributed by atoms with Crippen LogP contribution in [0.2, 0.25) is 0 Å². The molecule has 2 rings (SSSR count). The normalized spacial score (nSPS) is 13.4. The van der Waals surface area contributed by atoms with Gasteiger partial charge in [0.1, 0.15) is 17.8 Å². The number of benzene rings is 2. The average molecular weight is 588 g/mol. The molecule has 0 spiro atoms. The van der Waals surface area contributed by atoms with E-state index in [1.54, 1.807) is 41.5 Å². The van der Waals surface area contributed by atoms with E-state index in [0.717, 1.165) is 25.7 Å². The molecular formula is C33H49NO8. The van der Waals surface area contributed by atoms with Crippen LogP contribution in [0.3, 0.4) is 0 Å². The van der Waals surface area contributed by atoms with Gasteiger partial charge in [-0.25, -0.2) is 9.59 Å². The highest BCUT2D eigenvalue weighted by atomic mass is 16.6. The summed E-state index contributed by atoms with van der Waals surface area (Å²) in [6.07, 6.45) is 1.66. The molecule has 0 saturated carbocycles. The second-order valence-electron chi connectivity index (χ2n) is 12.4. The molecule has 0 aliphatic heterocycles. The van der Waals surface area contributed by atoms with Gasteiger partial charge in [0.15, 0.2) is 12.2 Å². The molecule has 0 aromatic heterocycles. The van der Waals surface area contributed by atoms with Crippen LogP contribution in [0.4, 0.5) is 0 Å². The van der Waals surface area contributed by atoms with Crippen molar-refractivity contribution in [3.8, 4) is 0 Å². The molecule has 0 bridgehead atoms. The van der Waals surface area contributed by atoms with Gasteiger partial charge >= 0.3 is 11.9 Å². The number of amides is 1. The van der Waals surface area contributed by atoms with E-state index in [9.17, 15) is 14.4 Å². The number of aliphatic hydroxyl groups is 1. The first-order chi connectivity index (χ1) is 19.8. The lowest BCUT2D eigenvalue weighted by Gasteiger charge is -2.29. The maximum Gasteiger partial charge on any atom is 0.339 e. The smallest absolute Gasteiger partial charge is 0.339 e. The minimum atomic E-state index is -1.49. The molecule has 1 amide bonds. The Morgan fingerprint density at radius 3 is 2.14 bits per heavy atom. The fraction of sp³-hybridized carbons (Fsp3) is 0.606. The van der Waals surface area contributed by atoms with Crippen LogP contribution < -0.4 is 5.32 Å². The van der Waals surface area contributed by atoms with Crippen LogP contribution in [-0.4, -0.2) is 72.7 Å². The Morgan fingerprint density at radius 2 is 1.48 bits per heavy atom. The first-order valence-corrected chi connectivity index (χ1v) is 14.8. The number of hydrogen-bond donors (Lipinski definition) is 2. The highest BCUT2D eigenvalue weighted by Gasteiger charge is 2.39. The lowest BCUT2D eigenvalue weighted by molar-refractivity contribution is -0.187. The number of aliphatic hydroxyl groups excluding tert-OH is 1. The van der Waals surface area contributed by atoms with Gasteiger partial charge in [-0.2, -0.15) is 0 Å². The third-order valence-electron chi connectivity index (χ3n) is 6.08. The topological polar surface area (TPSA) is 120 Å². The van der Waals surface area contributed by atoms with Gasteiger partial charge < -0.3 is 29.4 Å². The average Bonchev–Trinajstić information content (AvgIpc) is 2.89. The van der Waals surface area contributed by atoms with E-state index in [1.165, 1.54) is 16.3 Å². The molecule has 0 saturated heterocycles. The van der Waals surface area contributed by atoms with E-state index < -0.39 is 47.9 Å². The zero-order valence-electron chi connectivity index (χ0n) is 26.1.